The first-order valence-corrected chi connectivity index (χ1v) is 7.61. The van der Waals surface area contributed by atoms with Gasteiger partial charge in [0.15, 0.2) is 0 Å². The molecule has 0 saturated carbocycles. The maximum Gasteiger partial charge on any atom is 0.295 e. The van der Waals surface area contributed by atoms with Crippen LogP contribution in [-0.4, -0.2) is 23.5 Å². The molecule has 0 atom stereocenters. The lowest BCUT2D eigenvalue weighted by atomic mass is 10.2. The molecule has 0 unspecified atom stereocenters. The number of nitrogens with zero attached hydrogens (tertiary/aromatic N) is 1. The molecule has 1 aromatic rings. The van der Waals surface area contributed by atoms with Gasteiger partial charge in [-0.05, 0) is 46.8 Å². The van der Waals surface area contributed by atoms with Gasteiger partial charge in [0.1, 0.15) is 11.5 Å². The molecule has 0 aliphatic carbocycles. The summed E-state index contributed by atoms with van der Waals surface area (Å²) in [5.41, 5.74) is 0.109. The first-order valence-electron chi connectivity index (χ1n) is 5.42. The second-order valence-corrected chi connectivity index (χ2v) is 5.51. The van der Waals surface area contributed by atoms with Crippen LogP contribution >= 0.6 is 27.7 Å². The van der Waals surface area contributed by atoms with Gasteiger partial charge >= 0.3 is 0 Å². The standard InChI is InChI=1S/C11H14BrFN2O2S/c1-18-5-3-2-4-14-10-6-8(12)9(13)7-11(10)15(16)17/h6-7,14H,2-5H2,1H3. The molecule has 100 valence electrons. The molecule has 1 aromatic carbocycles. The number of halogens is 2. The first kappa shape index (κ1) is 15.2. The summed E-state index contributed by atoms with van der Waals surface area (Å²) in [7, 11) is 0. The van der Waals surface area contributed by atoms with Crippen LogP contribution in [0.1, 0.15) is 12.8 Å². The SMILES string of the molecule is CSCCCCNc1cc(Br)c(F)cc1[N+](=O)[O-]. The molecule has 0 aliphatic heterocycles. The number of hydrogen-bond acceptors (Lipinski definition) is 4. The smallest absolute Gasteiger partial charge is 0.295 e. The van der Waals surface area contributed by atoms with Crippen LogP contribution in [0.15, 0.2) is 16.6 Å². The van der Waals surface area contributed by atoms with Crippen molar-refractivity contribution in [1.29, 1.82) is 0 Å². The van der Waals surface area contributed by atoms with Gasteiger partial charge in [-0.2, -0.15) is 11.8 Å². The highest BCUT2D eigenvalue weighted by Crippen LogP contribution is 2.30. The molecule has 0 saturated heterocycles. The molecule has 0 heterocycles. The second-order valence-electron chi connectivity index (χ2n) is 3.67. The molecule has 0 radical (unpaired) electrons. The van der Waals surface area contributed by atoms with Crippen LogP contribution in [0.5, 0.6) is 0 Å². The minimum absolute atomic E-state index is 0.222. The summed E-state index contributed by atoms with van der Waals surface area (Å²) in [5.74, 6) is 0.436. The van der Waals surface area contributed by atoms with Crippen molar-refractivity contribution < 1.29 is 9.31 Å². The van der Waals surface area contributed by atoms with Gasteiger partial charge in [-0.1, -0.05) is 0 Å². The van der Waals surface area contributed by atoms with Gasteiger partial charge in [0.25, 0.3) is 5.69 Å². The molecule has 0 aromatic heterocycles. The summed E-state index contributed by atoms with van der Waals surface area (Å²) in [5, 5.41) is 13.8. The lowest BCUT2D eigenvalue weighted by molar-refractivity contribution is -0.384. The Labute approximate surface area is 118 Å². The Bertz CT molecular complexity index is 432. The summed E-state index contributed by atoms with van der Waals surface area (Å²) in [6.07, 6.45) is 4.01. The fraction of sp³-hybridized carbons (Fsp3) is 0.455. The highest BCUT2D eigenvalue weighted by molar-refractivity contribution is 9.10. The topological polar surface area (TPSA) is 55.2 Å². The van der Waals surface area contributed by atoms with E-state index in [1.54, 1.807) is 11.8 Å². The van der Waals surface area contributed by atoms with E-state index in [4.69, 9.17) is 0 Å². The fourth-order valence-corrected chi connectivity index (χ4v) is 2.26. The largest absolute Gasteiger partial charge is 0.379 e. The van der Waals surface area contributed by atoms with Crippen molar-refractivity contribution in [2.24, 2.45) is 0 Å². The second kappa shape index (κ2) is 7.58. The average molecular weight is 337 g/mol. The summed E-state index contributed by atoms with van der Waals surface area (Å²) in [6, 6.07) is 2.33. The molecule has 7 heteroatoms. The zero-order valence-corrected chi connectivity index (χ0v) is 12.3. The van der Waals surface area contributed by atoms with E-state index in [9.17, 15) is 14.5 Å². The number of thioether (sulfide) groups is 1. The number of benzene rings is 1. The van der Waals surface area contributed by atoms with Crippen molar-refractivity contribution in [1.82, 2.24) is 0 Å². The minimum atomic E-state index is -0.630. The van der Waals surface area contributed by atoms with Crippen molar-refractivity contribution >= 4 is 39.1 Å². The Morgan fingerprint density at radius 3 is 2.83 bits per heavy atom. The Morgan fingerprint density at radius 1 is 1.50 bits per heavy atom. The quantitative estimate of drug-likeness (QED) is 0.463. The molecule has 1 rings (SSSR count). The van der Waals surface area contributed by atoms with E-state index in [1.807, 2.05) is 6.26 Å². The van der Waals surface area contributed by atoms with E-state index in [-0.39, 0.29) is 10.2 Å². The Morgan fingerprint density at radius 2 is 2.22 bits per heavy atom. The molecule has 0 bridgehead atoms. The third-order valence-corrected chi connectivity index (χ3v) is 3.63. The Hall–Kier alpha value is -0.820. The Balaban J connectivity index is 2.68. The van der Waals surface area contributed by atoms with Crippen LogP contribution in [-0.2, 0) is 0 Å². The molecule has 18 heavy (non-hydrogen) atoms. The van der Waals surface area contributed by atoms with Gasteiger partial charge < -0.3 is 5.32 Å². The van der Waals surface area contributed by atoms with Crippen molar-refractivity contribution in [2.45, 2.75) is 12.8 Å². The summed E-state index contributed by atoms with van der Waals surface area (Å²) in [6.45, 7) is 0.638. The highest BCUT2D eigenvalue weighted by atomic mass is 79.9. The van der Waals surface area contributed by atoms with Gasteiger partial charge in [0, 0.05) is 6.54 Å². The number of nitrogens with one attached hydrogen (secondary N) is 1. The van der Waals surface area contributed by atoms with Gasteiger partial charge in [-0.15, -0.1) is 0 Å². The van der Waals surface area contributed by atoms with Gasteiger partial charge in [0.05, 0.1) is 15.5 Å². The third kappa shape index (κ3) is 4.45. The first-order chi connectivity index (χ1) is 8.56. The van der Waals surface area contributed by atoms with Crippen molar-refractivity contribution in [3.05, 3.63) is 32.5 Å². The van der Waals surface area contributed by atoms with Crippen LogP contribution < -0.4 is 5.32 Å². The van der Waals surface area contributed by atoms with E-state index in [1.165, 1.54) is 6.07 Å². The average Bonchev–Trinajstić information content (AvgIpc) is 2.32. The minimum Gasteiger partial charge on any atom is -0.379 e. The van der Waals surface area contributed by atoms with Crippen LogP contribution in [0.4, 0.5) is 15.8 Å². The van der Waals surface area contributed by atoms with Crippen molar-refractivity contribution in [3.63, 3.8) is 0 Å². The number of hydrogen-bond donors (Lipinski definition) is 1. The van der Waals surface area contributed by atoms with E-state index in [0.717, 1.165) is 24.7 Å². The number of nitro benzene ring substituents is 1. The summed E-state index contributed by atoms with van der Waals surface area (Å²) >= 11 is 4.79. The van der Waals surface area contributed by atoms with E-state index in [0.29, 0.717) is 12.2 Å². The number of anilines is 1. The predicted molar refractivity (Wildman–Crippen MR) is 76.9 cm³/mol. The van der Waals surface area contributed by atoms with Crippen molar-refractivity contribution in [2.75, 3.05) is 23.9 Å². The van der Waals surface area contributed by atoms with E-state index >= 15 is 0 Å². The highest BCUT2D eigenvalue weighted by Gasteiger charge is 2.17. The molecular formula is C11H14BrFN2O2S. The molecule has 1 N–H and O–H groups in total. The monoisotopic (exact) mass is 336 g/mol. The van der Waals surface area contributed by atoms with Gasteiger partial charge in [-0.3, -0.25) is 10.1 Å². The molecule has 0 aliphatic rings. The van der Waals surface area contributed by atoms with Gasteiger partial charge in [0.2, 0.25) is 0 Å². The fourth-order valence-electron chi connectivity index (χ4n) is 1.42. The van der Waals surface area contributed by atoms with Gasteiger partial charge in [-0.25, -0.2) is 4.39 Å². The zero-order valence-electron chi connectivity index (χ0n) is 9.91. The van der Waals surface area contributed by atoms with Crippen molar-refractivity contribution in [3.8, 4) is 0 Å². The number of rotatable bonds is 7. The van der Waals surface area contributed by atoms with E-state index < -0.39 is 10.7 Å². The van der Waals surface area contributed by atoms with Crippen LogP contribution in [0.2, 0.25) is 0 Å². The third-order valence-electron chi connectivity index (χ3n) is 2.33. The number of unbranched alkanes of at least 4 members (excludes halogenated alkanes) is 1. The normalized spacial score (nSPS) is 10.4. The lowest BCUT2D eigenvalue weighted by Crippen LogP contribution is -2.05. The molecular weight excluding hydrogens is 323 g/mol. The summed E-state index contributed by atoms with van der Waals surface area (Å²) < 4.78 is 13.4. The lowest BCUT2D eigenvalue weighted by Gasteiger charge is -2.07. The van der Waals surface area contributed by atoms with Crippen LogP contribution in [0.3, 0.4) is 0 Å². The summed E-state index contributed by atoms with van der Waals surface area (Å²) in [4.78, 5) is 10.2. The molecule has 0 amide bonds. The molecule has 0 spiro atoms. The predicted octanol–water partition coefficient (Wildman–Crippen LogP) is 4.05. The molecule has 4 nitrogen and oxygen atoms in total. The maximum absolute atomic E-state index is 13.2. The molecule has 0 fully saturated rings. The van der Waals surface area contributed by atoms with Crippen LogP contribution in [0.25, 0.3) is 0 Å². The zero-order chi connectivity index (χ0) is 13.5. The van der Waals surface area contributed by atoms with E-state index in [2.05, 4.69) is 21.2 Å². The number of nitro groups is 1. The Kier molecular flexibility index (Phi) is 6.42. The maximum atomic E-state index is 13.2. The van der Waals surface area contributed by atoms with Crippen LogP contribution in [0, 0.1) is 15.9 Å².